The highest BCUT2D eigenvalue weighted by atomic mass is 127. The topological polar surface area (TPSA) is 86.0 Å². The molecule has 2 aliphatic carbocycles. The zero-order valence-corrected chi connectivity index (χ0v) is 15.7. The van der Waals surface area contributed by atoms with Gasteiger partial charge in [0.05, 0.1) is 20.6 Å². The minimum atomic E-state index is 0.417. The lowest BCUT2D eigenvalue weighted by Crippen LogP contribution is -2.30. The average molecular weight is 439 g/mol. The molecule has 2 fully saturated rings. The molecule has 2 aromatic heterocycles. The quantitative estimate of drug-likeness (QED) is 0.695. The molecule has 2 saturated carbocycles. The highest BCUT2D eigenvalue weighted by Gasteiger charge is 2.26. The number of nitrogens with two attached hydrogens (primary N) is 1. The number of hydrogen-bond donors (Lipinski definition) is 2. The second kappa shape index (κ2) is 6.95. The van der Waals surface area contributed by atoms with Crippen LogP contribution in [0.4, 0.5) is 11.8 Å². The fraction of sp³-hybridized carbons (Fsp3) is 0.588. The summed E-state index contributed by atoms with van der Waals surface area (Å²) in [6.45, 7) is 0.963. The lowest BCUT2D eigenvalue weighted by Gasteiger charge is -2.29. The number of ether oxygens (including phenoxy) is 1. The summed E-state index contributed by atoms with van der Waals surface area (Å²) in [5.74, 6) is 2.00. The summed E-state index contributed by atoms with van der Waals surface area (Å²) in [6.07, 6.45) is 11.1. The summed E-state index contributed by atoms with van der Waals surface area (Å²) in [5.41, 5.74) is 6.76. The molecule has 24 heavy (non-hydrogen) atoms. The predicted octanol–water partition coefficient (Wildman–Crippen LogP) is 3.36. The molecule has 0 aliphatic heterocycles. The van der Waals surface area contributed by atoms with Crippen molar-refractivity contribution < 1.29 is 4.74 Å². The Kier molecular flexibility index (Phi) is 4.71. The van der Waals surface area contributed by atoms with Gasteiger partial charge in [-0.3, -0.25) is 0 Å². The lowest BCUT2D eigenvalue weighted by molar-refractivity contribution is 0.0203. The SMILES string of the molecule is Nc1ncc(I)c2nc(N[C@H]3CC[C@H](OCC4CC4)CC3)ncc12. The van der Waals surface area contributed by atoms with E-state index in [-0.39, 0.29) is 0 Å². The smallest absolute Gasteiger partial charge is 0.223 e. The van der Waals surface area contributed by atoms with Gasteiger partial charge in [0.2, 0.25) is 5.95 Å². The molecule has 3 N–H and O–H groups in total. The molecule has 0 spiro atoms. The third-order valence-corrected chi connectivity index (χ3v) is 5.67. The van der Waals surface area contributed by atoms with Crippen LogP contribution in [0.5, 0.6) is 0 Å². The molecule has 0 unspecified atom stereocenters. The normalized spacial score (nSPS) is 24.2. The van der Waals surface area contributed by atoms with Crippen LogP contribution in [-0.2, 0) is 4.74 Å². The van der Waals surface area contributed by atoms with Gasteiger partial charge in [0.25, 0.3) is 0 Å². The van der Waals surface area contributed by atoms with Crippen LogP contribution < -0.4 is 11.1 Å². The molecule has 7 heteroatoms. The van der Waals surface area contributed by atoms with Crippen molar-refractivity contribution in [2.24, 2.45) is 5.92 Å². The van der Waals surface area contributed by atoms with Crippen LogP contribution >= 0.6 is 22.6 Å². The first-order chi connectivity index (χ1) is 11.7. The minimum absolute atomic E-state index is 0.417. The Hall–Kier alpha value is -1.22. The summed E-state index contributed by atoms with van der Waals surface area (Å²) in [4.78, 5) is 13.2. The molecular weight excluding hydrogens is 417 g/mol. The molecule has 0 atom stereocenters. The summed E-state index contributed by atoms with van der Waals surface area (Å²) >= 11 is 2.23. The molecule has 0 bridgehead atoms. The monoisotopic (exact) mass is 439 g/mol. The third-order valence-electron chi connectivity index (χ3n) is 4.88. The highest BCUT2D eigenvalue weighted by molar-refractivity contribution is 14.1. The number of nitrogens with zero attached hydrogens (tertiary/aromatic N) is 3. The van der Waals surface area contributed by atoms with E-state index in [1.807, 2.05) is 0 Å². The van der Waals surface area contributed by atoms with Crippen molar-refractivity contribution in [3.8, 4) is 0 Å². The van der Waals surface area contributed by atoms with E-state index in [1.165, 1.54) is 12.8 Å². The van der Waals surface area contributed by atoms with E-state index >= 15 is 0 Å². The Labute approximate surface area is 155 Å². The van der Waals surface area contributed by atoms with E-state index in [2.05, 4.69) is 42.9 Å². The number of nitrogen functional groups attached to an aromatic ring is 1. The van der Waals surface area contributed by atoms with Crippen molar-refractivity contribution in [1.29, 1.82) is 0 Å². The summed E-state index contributed by atoms with van der Waals surface area (Å²) < 4.78 is 7.00. The molecule has 6 nitrogen and oxygen atoms in total. The van der Waals surface area contributed by atoms with Crippen LogP contribution in [0, 0.1) is 9.49 Å². The van der Waals surface area contributed by atoms with Crippen LogP contribution in [0.3, 0.4) is 0 Å². The number of halogens is 1. The fourth-order valence-corrected chi connectivity index (χ4v) is 3.74. The van der Waals surface area contributed by atoms with Crippen molar-refractivity contribution in [3.63, 3.8) is 0 Å². The number of hydrogen-bond acceptors (Lipinski definition) is 6. The minimum Gasteiger partial charge on any atom is -0.383 e. The van der Waals surface area contributed by atoms with Crippen LogP contribution in [-0.4, -0.2) is 33.7 Å². The van der Waals surface area contributed by atoms with E-state index in [9.17, 15) is 0 Å². The number of rotatable bonds is 5. The number of pyridine rings is 1. The molecule has 2 aliphatic rings. The average Bonchev–Trinajstić information content (AvgIpc) is 3.42. The zero-order valence-electron chi connectivity index (χ0n) is 13.5. The van der Waals surface area contributed by atoms with Crippen molar-refractivity contribution in [2.45, 2.75) is 50.7 Å². The Balaban J connectivity index is 1.37. The van der Waals surface area contributed by atoms with E-state index in [4.69, 9.17) is 10.5 Å². The maximum absolute atomic E-state index is 6.01. The molecule has 0 amide bonds. The van der Waals surface area contributed by atoms with Crippen LogP contribution in [0.1, 0.15) is 38.5 Å². The number of fused-ring (bicyclic) bond motifs is 1. The summed E-state index contributed by atoms with van der Waals surface area (Å²) in [5, 5.41) is 4.28. The van der Waals surface area contributed by atoms with E-state index < -0.39 is 0 Å². The maximum Gasteiger partial charge on any atom is 0.223 e. The Morgan fingerprint density at radius 3 is 2.67 bits per heavy atom. The molecule has 4 rings (SSSR count). The molecule has 0 aromatic carbocycles. The molecule has 0 radical (unpaired) electrons. The first-order valence-electron chi connectivity index (χ1n) is 8.64. The second-order valence-corrected chi connectivity index (χ2v) is 8.00. The Bertz CT molecular complexity index is 728. The van der Waals surface area contributed by atoms with Crippen molar-refractivity contribution in [2.75, 3.05) is 17.7 Å². The molecule has 128 valence electrons. The number of aromatic nitrogens is 3. The molecule has 0 saturated heterocycles. The van der Waals surface area contributed by atoms with E-state index in [1.54, 1.807) is 12.4 Å². The number of nitrogens with one attached hydrogen (secondary N) is 1. The van der Waals surface area contributed by atoms with Gasteiger partial charge in [-0.15, -0.1) is 0 Å². The number of anilines is 2. The standard InChI is InChI=1S/C17H22IN5O/c18-14-8-20-16(19)13-7-21-17(23-15(13)14)22-11-3-5-12(6-4-11)24-9-10-1-2-10/h7-8,10-12H,1-6,9H2,(H2,19,20)(H,21,22,23)/t11-,12-. The zero-order chi connectivity index (χ0) is 16.5. The molecular formula is C17H22IN5O. The van der Waals surface area contributed by atoms with Gasteiger partial charge in [-0.2, -0.15) is 0 Å². The lowest BCUT2D eigenvalue weighted by atomic mass is 9.93. The summed E-state index contributed by atoms with van der Waals surface area (Å²) in [6, 6.07) is 0.417. The second-order valence-electron chi connectivity index (χ2n) is 6.84. The third kappa shape index (κ3) is 3.72. The van der Waals surface area contributed by atoms with Gasteiger partial charge in [0.1, 0.15) is 5.82 Å². The van der Waals surface area contributed by atoms with Crippen molar-refractivity contribution >= 4 is 45.3 Å². The highest BCUT2D eigenvalue weighted by Crippen LogP contribution is 2.31. The van der Waals surface area contributed by atoms with Crippen molar-refractivity contribution in [1.82, 2.24) is 15.0 Å². The fourth-order valence-electron chi connectivity index (χ4n) is 3.19. The van der Waals surface area contributed by atoms with Gasteiger partial charge in [-0.05, 0) is 67.0 Å². The van der Waals surface area contributed by atoms with Gasteiger partial charge in [-0.25, -0.2) is 15.0 Å². The molecule has 2 aromatic rings. The largest absolute Gasteiger partial charge is 0.383 e. The maximum atomic E-state index is 6.01. The van der Waals surface area contributed by atoms with Gasteiger partial charge in [0, 0.05) is 25.0 Å². The molecule has 2 heterocycles. The predicted molar refractivity (Wildman–Crippen MR) is 103 cm³/mol. The van der Waals surface area contributed by atoms with Crippen LogP contribution in [0.15, 0.2) is 12.4 Å². The first kappa shape index (κ1) is 16.3. The van der Waals surface area contributed by atoms with Crippen molar-refractivity contribution in [3.05, 3.63) is 16.0 Å². The van der Waals surface area contributed by atoms with Gasteiger partial charge in [-0.1, -0.05) is 0 Å². The van der Waals surface area contributed by atoms with Gasteiger partial charge in [0.15, 0.2) is 0 Å². The Morgan fingerprint density at radius 2 is 1.92 bits per heavy atom. The first-order valence-corrected chi connectivity index (χ1v) is 9.72. The van der Waals surface area contributed by atoms with E-state index in [0.29, 0.717) is 23.9 Å². The summed E-state index contributed by atoms with van der Waals surface area (Å²) in [7, 11) is 0. The van der Waals surface area contributed by atoms with Gasteiger partial charge >= 0.3 is 0 Å². The van der Waals surface area contributed by atoms with E-state index in [0.717, 1.165) is 52.7 Å². The van der Waals surface area contributed by atoms with Crippen LogP contribution in [0.2, 0.25) is 0 Å². The Morgan fingerprint density at radius 1 is 1.12 bits per heavy atom. The van der Waals surface area contributed by atoms with Gasteiger partial charge < -0.3 is 15.8 Å². The van der Waals surface area contributed by atoms with Crippen LogP contribution in [0.25, 0.3) is 10.9 Å².